The van der Waals surface area contributed by atoms with E-state index in [-0.39, 0.29) is 11.7 Å². The average Bonchev–Trinajstić information content (AvgIpc) is 3.54. The highest BCUT2D eigenvalue weighted by Gasteiger charge is 2.13. The number of carbonyl (C=O) groups is 2. The number of hydrazone groups is 1. The lowest BCUT2D eigenvalue weighted by atomic mass is 10.1. The molecule has 2 amide bonds. The molecule has 0 atom stereocenters. The van der Waals surface area contributed by atoms with Crippen LogP contribution in [-0.2, 0) is 6.54 Å². The quantitative estimate of drug-likeness (QED) is 0.279. The highest BCUT2D eigenvalue weighted by atomic mass is 79.9. The van der Waals surface area contributed by atoms with Crippen molar-refractivity contribution in [1.29, 1.82) is 0 Å². The smallest absolute Gasteiger partial charge is 0.307 e. The van der Waals surface area contributed by atoms with Crippen molar-refractivity contribution in [2.75, 3.05) is 5.32 Å². The fraction of sp³-hybridized carbons (Fsp3) is 0.130. The number of aromatic nitrogens is 2. The summed E-state index contributed by atoms with van der Waals surface area (Å²) in [4.78, 5) is 24.6. The molecule has 0 spiro atoms. The third kappa shape index (κ3) is 5.47. The molecule has 4 rings (SSSR count). The van der Waals surface area contributed by atoms with Crippen LogP contribution in [0.2, 0.25) is 0 Å². The first-order valence-electron chi connectivity index (χ1n) is 9.96. The summed E-state index contributed by atoms with van der Waals surface area (Å²) in [7, 11) is 0. The Morgan fingerprint density at radius 2 is 1.91 bits per heavy atom. The molecule has 168 valence electrons. The molecule has 0 aliphatic carbocycles. The lowest BCUT2D eigenvalue weighted by Crippen LogP contribution is -2.18. The summed E-state index contributed by atoms with van der Waals surface area (Å²) in [5.41, 5.74) is 5.00. The minimum Gasteiger partial charge on any atom is -0.469 e. The predicted octanol–water partition coefficient (Wildman–Crippen LogP) is 4.59. The van der Waals surface area contributed by atoms with E-state index in [9.17, 15) is 9.59 Å². The molecule has 0 fully saturated rings. The largest absolute Gasteiger partial charge is 0.469 e. The van der Waals surface area contributed by atoms with Gasteiger partial charge in [-0.2, -0.15) is 10.2 Å². The van der Waals surface area contributed by atoms with Crippen molar-refractivity contribution < 1.29 is 18.4 Å². The Balaban J connectivity index is 1.34. The first-order chi connectivity index (χ1) is 15.9. The minimum atomic E-state index is -0.457. The summed E-state index contributed by atoms with van der Waals surface area (Å²) >= 11 is 3.34. The summed E-state index contributed by atoms with van der Waals surface area (Å²) in [6, 6.07) is 12.1. The van der Waals surface area contributed by atoms with Gasteiger partial charge in [-0.05, 0) is 65.7 Å². The second-order valence-electron chi connectivity index (χ2n) is 7.18. The van der Waals surface area contributed by atoms with E-state index in [1.165, 1.54) is 6.26 Å². The SMILES string of the molecule is C/C(=N/NC(=O)c1ccc(Cn2cc(Br)cn2)o1)c1ccc(NC(=O)c2ccoc2C)cc1. The number of hydrogen-bond acceptors (Lipinski definition) is 6. The highest BCUT2D eigenvalue weighted by Crippen LogP contribution is 2.15. The van der Waals surface area contributed by atoms with Gasteiger partial charge in [0.2, 0.25) is 0 Å². The van der Waals surface area contributed by atoms with E-state index in [1.807, 2.05) is 6.20 Å². The molecule has 3 aromatic heterocycles. The number of benzene rings is 1. The standard InChI is InChI=1S/C23H20BrN5O4/c1-14(16-3-5-18(6-4-16)26-22(30)20-9-10-32-15(20)2)27-28-23(31)21-8-7-19(33-21)13-29-12-17(24)11-25-29/h3-12H,13H2,1-2H3,(H,26,30)(H,28,31)/b27-14-. The van der Waals surface area contributed by atoms with Crippen molar-refractivity contribution in [3.63, 3.8) is 0 Å². The molecule has 0 unspecified atom stereocenters. The normalized spacial score (nSPS) is 11.4. The molecule has 0 aliphatic rings. The summed E-state index contributed by atoms with van der Waals surface area (Å²) in [5, 5.41) is 11.1. The molecule has 0 radical (unpaired) electrons. The lowest BCUT2D eigenvalue weighted by Gasteiger charge is -2.06. The second kappa shape index (κ2) is 9.70. The van der Waals surface area contributed by atoms with Crippen molar-refractivity contribution in [3.05, 3.63) is 94.0 Å². The predicted molar refractivity (Wildman–Crippen MR) is 125 cm³/mol. The summed E-state index contributed by atoms with van der Waals surface area (Å²) in [5.74, 6) is 0.604. The monoisotopic (exact) mass is 509 g/mol. The Morgan fingerprint density at radius 3 is 2.58 bits per heavy atom. The van der Waals surface area contributed by atoms with Crippen molar-refractivity contribution in [3.8, 4) is 0 Å². The van der Waals surface area contributed by atoms with Gasteiger partial charge in [-0.1, -0.05) is 12.1 Å². The van der Waals surface area contributed by atoms with Gasteiger partial charge in [0, 0.05) is 11.9 Å². The lowest BCUT2D eigenvalue weighted by molar-refractivity contribution is 0.0924. The summed E-state index contributed by atoms with van der Waals surface area (Å²) in [6.45, 7) is 3.91. The van der Waals surface area contributed by atoms with E-state index in [0.29, 0.717) is 35.0 Å². The van der Waals surface area contributed by atoms with Crippen LogP contribution in [0.3, 0.4) is 0 Å². The van der Waals surface area contributed by atoms with Crippen LogP contribution >= 0.6 is 15.9 Å². The molecule has 0 bridgehead atoms. The minimum absolute atomic E-state index is 0.153. The second-order valence-corrected chi connectivity index (χ2v) is 8.10. The molecule has 1 aromatic carbocycles. The van der Waals surface area contributed by atoms with E-state index >= 15 is 0 Å². The number of carbonyl (C=O) groups excluding carboxylic acids is 2. The fourth-order valence-corrected chi connectivity index (χ4v) is 3.37. The molecular formula is C23H20BrN5O4. The Hall–Kier alpha value is -3.92. The molecule has 4 aromatic rings. The van der Waals surface area contributed by atoms with Gasteiger partial charge in [-0.3, -0.25) is 14.3 Å². The van der Waals surface area contributed by atoms with Crippen LogP contribution in [0.15, 0.2) is 79.5 Å². The number of amides is 2. The molecule has 0 aliphatic heterocycles. The maximum Gasteiger partial charge on any atom is 0.307 e. The number of nitrogens with one attached hydrogen (secondary N) is 2. The first-order valence-corrected chi connectivity index (χ1v) is 10.8. The Bertz CT molecular complexity index is 1320. The zero-order valence-electron chi connectivity index (χ0n) is 17.8. The number of rotatable bonds is 7. The van der Waals surface area contributed by atoms with Gasteiger partial charge in [0.25, 0.3) is 5.91 Å². The molecular weight excluding hydrogens is 490 g/mol. The third-order valence-electron chi connectivity index (χ3n) is 4.79. The average molecular weight is 510 g/mol. The topological polar surface area (TPSA) is 115 Å². The van der Waals surface area contributed by atoms with Crippen LogP contribution in [-0.4, -0.2) is 27.3 Å². The number of aryl methyl sites for hydroxylation is 1. The van der Waals surface area contributed by atoms with Crippen LogP contribution in [0.1, 0.15) is 44.9 Å². The van der Waals surface area contributed by atoms with Gasteiger partial charge in [0.15, 0.2) is 5.76 Å². The summed E-state index contributed by atoms with van der Waals surface area (Å²) < 4.78 is 13.3. The van der Waals surface area contributed by atoms with Gasteiger partial charge in [-0.25, -0.2) is 5.43 Å². The zero-order chi connectivity index (χ0) is 23.4. The number of nitrogens with zero attached hydrogens (tertiary/aromatic N) is 3. The van der Waals surface area contributed by atoms with E-state index < -0.39 is 5.91 Å². The molecule has 0 saturated heterocycles. The fourth-order valence-electron chi connectivity index (χ4n) is 3.04. The number of hydrogen-bond donors (Lipinski definition) is 2. The number of halogens is 1. The third-order valence-corrected chi connectivity index (χ3v) is 5.20. The van der Waals surface area contributed by atoms with Crippen LogP contribution < -0.4 is 10.7 Å². The van der Waals surface area contributed by atoms with Crippen molar-refractivity contribution in [1.82, 2.24) is 15.2 Å². The maximum absolute atomic E-state index is 12.4. The molecule has 33 heavy (non-hydrogen) atoms. The van der Waals surface area contributed by atoms with E-state index in [0.717, 1.165) is 10.0 Å². The van der Waals surface area contributed by atoms with E-state index in [2.05, 4.69) is 36.9 Å². The van der Waals surface area contributed by atoms with Gasteiger partial charge < -0.3 is 14.2 Å². The Morgan fingerprint density at radius 1 is 1.12 bits per heavy atom. The van der Waals surface area contributed by atoms with Crippen LogP contribution in [0.5, 0.6) is 0 Å². The number of anilines is 1. The molecule has 9 nitrogen and oxygen atoms in total. The van der Waals surface area contributed by atoms with Gasteiger partial charge in [0.1, 0.15) is 11.5 Å². The summed E-state index contributed by atoms with van der Waals surface area (Å²) in [6.07, 6.45) is 4.96. The van der Waals surface area contributed by atoms with Crippen LogP contribution in [0, 0.1) is 6.92 Å². The van der Waals surface area contributed by atoms with Gasteiger partial charge >= 0.3 is 5.91 Å². The van der Waals surface area contributed by atoms with Crippen molar-refractivity contribution in [2.24, 2.45) is 5.10 Å². The van der Waals surface area contributed by atoms with Crippen molar-refractivity contribution >= 4 is 39.1 Å². The molecule has 10 heteroatoms. The highest BCUT2D eigenvalue weighted by molar-refractivity contribution is 9.10. The van der Waals surface area contributed by atoms with Gasteiger partial charge in [-0.15, -0.1) is 0 Å². The number of furan rings is 2. The van der Waals surface area contributed by atoms with E-state index in [4.69, 9.17) is 8.83 Å². The Kier molecular flexibility index (Phi) is 6.55. The molecule has 0 saturated carbocycles. The van der Waals surface area contributed by atoms with Crippen LogP contribution in [0.25, 0.3) is 0 Å². The Labute approximate surface area is 197 Å². The van der Waals surface area contributed by atoms with Gasteiger partial charge in [0.05, 0.1) is 34.8 Å². The first kappa shape index (κ1) is 22.3. The van der Waals surface area contributed by atoms with Crippen LogP contribution in [0.4, 0.5) is 5.69 Å². The molecule has 2 N–H and O–H groups in total. The zero-order valence-corrected chi connectivity index (χ0v) is 19.4. The van der Waals surface area contributed by atoms with E-state index in [1.54, 1.807) is 67.2 Å². The van der Waals surface area contributed by atoms with Crippen molar-refractivity contribution in [2.45, 2.75) is 20.4 Å². The maximum atomic E-state index is 12.4. The molecule has 3 heterocycles.